The molecule has 0 aromatic heterocycles. The van der Waals surface area contributed by atoms with Crippen molar-refractivity contribution in [2.45, 2.75) is 24.8 Å². The summed E-state index contributed by atoms with van der Waals surface area (Å²) in [6.07, 6.45) is -3.06. The lowest BCUT2D eigenvalue weighted by atomic mass is 9.96. The van der Waals surface area contributed by atoms with Gasteiger partial charge in [-0.1, -0.05) is 12.2 Å². The summed E-state index contributed by atoms with van der Waals surface area (Å²) in [5.74, 6) is -0.694. The van der Waals surface area contributed by atoms with Crippen LogP contribution in [0.25, 0.3) is 0 Å². The Morgan fingerprint density at radius 3 is 2.63 bits per heavy atom. The highest BCUT2D eigenvalue weighted by Gasteiger charge is 2.51. The second-order valence-corrected chi connectivity index (χ2v) is 4.40. The lowest BCUT2D eigenvalue weighted by Crippen LogP contribution is -2.33. The molecule has 2 unspecified atom stereocenters. The molecule has 4 nitrogen and oxygen atoms in total. The molecule has 19 heavy (non-hydrogen) atoms. The van der Waals surface area contributed by atoms with Crippen LogP contribution < -0.4 is 10.6 Å². The van der Waals surface area contributed by atoms with Crippen LogP contribution in [0.1, 0.15) is 6.42 Å². The zero-order valence-corrected chi connectivity index (χ0v) is 10.4. The second kappa shape index (κ2) is 5.34. The van der Waals surface area contributed by atoms with E-state index in [-0.39, 0.29) is 5.57 Å². The highest BCUT2D eigenvalue weighted by atomic mass is 19.4. The molecule has 2 heterocycles. The van der Waals surface area contributed by atoms with Crippen LogP contribution in [0.3, 0.4) is 0 Å². The summed E-state index contributed by atoms with van der Waals surface area (Å²) >= 11 is 0. The average molecular weight is 276 g/mol. The van der Waals surface area contributed by atoms with Crippen molar-refractivity contribution in [1.82, 2.24) is 10.6 Å². The first kappa shape index (κ1) is 14.1. The minimum absolute atomic E-state index is 0.301. The van der Waals surface area contributed by atoms with Crippen LogP contribution in [0.15, 0.2) is 23.3 Å². The molecule has 0 aliphatic carbocycles. The summed E-state index contributed by atoms with van der Waals surface area (Å²) in [5.41, 5.74) is -1.17. The number of alkyl halides is 3. The van der Waals surface area contributed by atoms with Gasteiger partial charge in [0.1, 0.15) is 12.2 Å². The van der Waals surface area contributed by atoms with Crippen LogP contribution in [0.2, 0.25) is 0 Å². The number of amides is 1. The van der Waals surface area contributed by atoms with E-state index in [1.807, 2.05) is 0 Å². The molecular weight excluding hydrogens is 261 g/mol. The van der Waals surface area contributed by atoms with Gasteiger partial charge in [-0.3, -0.25) is 4.79 Å². The van der Waals surface area contributed by atoms with E-state index in [1.54, 1.807) is 7.05 Å². The fourth-order valence-corrected chi connectivity index (χ4v) is 2.21. The number of carbonyl (C=O) groups excluding carboxylic acids is 1. The van der Waals surface area contributed by atoms with E-state index in [9.17, 15) is 18.0 Å². The largest absolute Gasteiger partial charge is 0.416 e. The first-order chi connectivity index (χ1) is 8.95. The predicted molar refractivity (Wildman–Crippen MR) is 62.4 cm³/mol. The molecular formula is C12H15F3N2O2. The van der Waals surface area contributed by atoms with Gasteiger partial charge >= 0.3 is 6.18 Å². The fraction of sp³-hybridized carbons (Fsp3) is 0.583. The van der Waals surface area contributed by atoms with Crippen molar-refractivity contribution in [3.8, 4) is 0 Å². The summed E-state index contributed by atoms with van der Waals surface area (Å²) in [6.45, 7) is 1.02. The Morgan fingerprint density at radius 1 is 1.32 bits per heavy atom. The van der Waals surface area contributed by atoms with Crippen molar-refractivity contribution in [2.75, 3.05) is 20.1 Å². The molecule has 2 rings (SSSR count). The first-order valence-corrected chi connectivity index (χ1v) is 6.03. The minimum atomic E-state index is -4.54. The SMILES string of the molecule is CNCCCNC(=O)C1=C(C(F)(F)F)C2C=CC1O2. The topological polar surface area (TPSA) is 50.4 Å². The van der Waals surface area contributed by atoms with Crippen LogP contribution in [0.4, 0.5) is 13.2 Å². The lowest BCUT2D eigenvalue weighted by Gasteiger charge is -2.16. The molecule has 0 fully saturated rings. The maximum Gasteiger partial charge on any atom is 0.416 e. The second-order valence-electron chi connectivity index (χ2n) is 4.40. The summed E-state index contributed by atoms with van der Waals surface area (Å²) in [6, 6.07) is 0. The molecule has 2 N–H and O–H groups in total. The van der Waals surface area contributed by atoms with E-state index in [0.29, 0.717) is 19.5 Å². The van der Waals surface area contributed by atoms with Crippen molar-refractivity contribution in [2.24, 2.45) is 0 Å². The number of fused-ring (bicyclic) bond motifs is 2. The van der Waals surface area contributed by atoms with E-state index in [0.717, 1.165) is 0 Å². The van der Waals surface area contributed by atoms with Gasteiger partial charge in [-0.15, -0.1) is 0 Å². The van der Waals surface area contributed by atoms with Crippen LogP contribution in [-0.4, -0.2) is 44.4 Å². The normalized spacial score (nSPS) is 25.3. The average Bonchev–Trinajstić information content (AvgIpc) is 2.93. The molecule has 0 saturated carbocycles. The van der Waals surface area contributed by atoms with Gasteiger partial charge in [-0.05, 0) is 20.0 Å². The number of rotatable bonds is 5. The van der Waals surface area contributed by atoms with E-state index in [4.69, 9.17) is 4.74 Å². The Hall–Kier alpha value is -1.34. The van der Waals surface area contributed by atoms with Crippen LogP contribution in [-0.2, 0) is 9.53 Å². The number of hydrogen-bond donors (Lipinski definition) is 2. The third kappa shape index (κ3) is 2.82. The van der Waals surface area contributed by atoms with Gasteiger partial charge in [0, 0.05) is 6.54 Å². The number of halogens is 3. The van der Waals surface area contributed by atoms with Crippen molar-refractivity contribution in [3.05, 3.63) is 23.3 Å². The van der Waals surface area contributed by atoms with Gasteiger partial charge in [-0.2, -0.15) is 13.2 Å². The highest BCUT2D eigenvalue weighted by Crippen LogP contribution is 2.43. The maximum atomic E-state index is 12.9. The molecule has 2 bridgehead atoms. The molecule has 2 atom stereocenters. The Bertz CT molecular complexity index is 429. The Labute approximate surface area is 108 Å². The molecule has 0 radical (unpaired) electrons. The number of hydrogen-bond acceptors (Lipinski definition) is 3. The van der Waals surface area contributed by atoms with E-state index in [1.165, 1.54) is 12.2 Å². The van der Waals surface area contributed by atoms with Crippen LogP contribution >= 0.6 is 0 Å². The highest BCUT2D eigenvalue weighted by molar-refractivity contribution is 5.97. The molecule has 1 amide bonds. The molecule has 7 heteroatoms. The fourth-order valence-electron chi connectivity index (χ4n) is 2.21. The van der Waals surface area contributed by atoms with Crippen molar-refractivity contribution in [3.63, 3.8) is 0 Å². The van der Waals surface area contributed by atoms with Crippen LogP contribution in [0, 0.1) is 0 Å². The molecule has 106 valence electrons. The maximum absolute atomic E-state index is 12.9. The molecule has 0 aromatic rings. The Balaban J connectivity index is 2.08. The van der Waals surface area contributed by atoms with Crippen molar-refractivity contribution in [1.29, 1.82) is 0 Å². The standard InChI is InChI=1S/C12H15F3N2O2/c1-16-5-2-6-17-11(18)9-7-3-4-8(19-7)10(9)12(13,14)15/h3-4,7-8,16H,2,5-6H2,1H3,(H,17,18). The third-order valence-electron chi connectivity index (χ3n) is 3.05. The summed E-state index contributed by atoms with van der Waals surface area (Å²) in [4.78, 5) is 11.9. The third-order valence-corrected chi connectivity index (χ3v) is 3.05. The number of nitrogens with one attached hydrogen (secondary N) is 2. The zero-order valence-electron chi connectivity index (χ0n) is 10.4. The van der Waals surface area contributed by atoms with Crippen LogP contribution in [0.5, 0.6) is 0 Å². The summed E-state index contributed by atoms with van der Waals surface area (Å²) in [5, 5.41) is 5.39. The van der Waals surface area contributed by atoms with E-state index in [2.05, 4.69) is 10.6 Å². The van der Waals surface area contributed by atoms with E-state index >= 15 is 0 Å². The molecule has 0 saturated heterocycles. The molecule has 0 spiro atoms. The van der Waals surface area contributed by atoms with Gasteiger partial charge in [0.05, 0.1) is 11.1 Å². The minimum Gasteiger partial charge on any atom is -0.357 e. The zero-order chi connectivity index (χ0) is 14.0. The number of carbonyl (C=O) groups is 1. The predicted octanol–water partition coefficient (Wildman–Crippen LogP) is 0.908. The van der Waals surface area contributed by atoms with Gasteiger partial charge in [-0.25, -0.2) is 0 Å². The smallest absolute Gasteiger partial charge is 0.357 e. The summed E-state index contributed by atoms with van der Waals surface area (Å²) in [7, 11) is 1.76. The molecule has 0 aromatic carbocycles. The van der Waals surface area contributed by atoms with Gasteiger partial charge < -0.3 is 15.4 Å². The summed E-state index contributed by atoms with van der Waals surface area (Å²) < 4.78 is 43.8. The lowest BCUT2D eigenvalue weighted by molar-refractivity contribution is -0.119. The van der Waals surface area contributed by atoms with Gasteiger partial charge in [0.25, 0.3) is 5.91 Å². The number of ether oxygens (including phenoxy) is 1. The van der Waals surface area contributed by atoms with Crippen molar-refractivity contribution < 1.29 is 22.7 Å². The van der Waals surface area contributed by atoms with Gasteiger partial charge in [0.2, 0.25) is 0 Å². The first-order valence-electron chi connectivity index (χ1n) is 6.03. The van der Waals surface area contributed by atoms with Gasteiger partial charge in [0.15, 0.2) is 0 Å². The monoisotopic (exact) mass is 276 g/mol. The Morgan fingerprint density at radius 2 is 2.00 bits per heavy atom. The quantitative estimate of drug-likeness (QED) is 0.579. The Kier molecular flexibility index (Phi) is 3.96. The van der Waals surface area contributed by atoms with E-state index < -0.39 is 29.9 Å². The van der Waals surface area contributed by atoms with Crippen molar-refractivity contribution >= 4 is 5.91 Å². The molecule has 2 aliphatic heterocycles. The molecule has 2 aliphatic rings.